The zero-order chi connectivity index (χ0) is 12.9. The van der Waals surface area contributed by atoms with E-state index in [-0.39, 0.29) is 5.41 Å². The third-order valence-electron chi connectivity index (χ3n) is 4.89. The third kappa shape index (κ3) is 1.66. The summed E-state index contributed by atoms with van der Waals surface area (Å²) in [5, 5.41) is 14.7. The molecular weight excluding hydrogens is 258 g/mol. The zero-order valence-electron chi connectivity index (χ0n) is 11.0. The predicted octanol–water partition coefficient (Wildman–Crippen LogP) is 2.22. The fourth-order valence-electron chi connectivity index (χ4n) is 3.39. The number of aromatic nitrogens is 4. The molecule has 2 aliphatic rings. The van der Waals surface area contributed by atoms with Crippen LogP contribution in [0, 0.1) is 0 Å². The highest BCUT2D eigenvalue weighted by Crippen LogP contribution is 2.44. The van der Waals surface area contributed by atoms with E-state index in [2.05, 4.69) is 10.2 Å². The molecule has 2 saturated carbocycles. The minimum absolute atomic E-state index is 0.137. The van der Waals surface area contributed by atoms with Gasteiger partial charge in [0.1, 0.15) is 5.01 Å². The van der Waals surface area contributed by atoms with Crippen LogP contribution >= 0.6 is 11.3 Å². The second-order valence-corrected chi connectivity index (χ2v) is 6.94. The molecular formula is C13H19N5S. The fraction of sp³-hybridized carbons (Fsp3) is 0.769. The molecule has 2 aromatic rings. The topological polar surface area (TPSA) is 69.1 Å². The molecule has 19 heavy (non-hydrogen) atoms. The standard InChI is InChI=1S/C13H19N5S/c14-8-13(6-3-7-13)11-17-18-10(9-4-1-2-5-9)15-16-12(18)19-11/h9H,1-8,14H2. The maximum absolute atomic E-state index is 5.97. The molecule has 0 saturated heterocycles. The maximum Gasteiger partial charge on any atom is 0.234 e. The first-order valence-corrected chi connectivity index (χ1v) is 8.07. The van der Waals surface area contributed by atoms with Gasteiger partial charge in [-0.05, 0) is 25.7 Å². The smallest absolute Gasteiger partial charge is 0.234 e. The predicted molar refractivity (Wildman–Crippen MR) is 74.5 cm³/mol. The van der Waals surface area contributed by atoms with E-state index < -0.39 is 0 Å². The highest BCUT2D eigenvalue weighted by Gasteiger charge is 2.41. The van der Waals surface area contributed by atoms with Crippen molar-refractivity contribution in [1.82, 2.24) is 19.8 Å². The Morgan fingerprint density at radius 2 is 2.00 bits per heavy atom. The first kappa shape index (κ1) is 11.8. The Morgan fingerprint density at radius 1 is 1.21 bits per heavy atom. The zero-order valence-corrected chi connectivity index (χ0v) is 11.8. The van der Waals surface area contributed by atoms with Crippen LogP contribution < -0.4 is 5.73 Å². The summed E-state index contributed by atoms with van der Waals surface area (Å²) in [5.74, 6) is 1.63. The van der Waals surface area contributed by atoms with Gasteiger partial charge in [0, 0.05) is 17.9 Å². The Hall–Kier alpha value is -1.01. The number of hydrogen-bond acceptors (Lipinski definition) is 5. The van der Waals surface area contributed by atoms with Crippen molar-refractivity contribution < 1.29 is 0 Å². The van der Waals surface area contributed by atoms with Gasteiger partial charge in [0.15, 0.2) is 5.82 Å². The summed E-state index contributed by atoms with van der Waals surface area (Å²) >= 11 is 1.68. The Morgan fingerprint density at radius 3 is 2.63 bits per heavy atom. The molecule has 0 aliphatic heterocycles. The van der Waals surface area contributed by atoms with Crippen molar-refractivity contribution in [2.24, 2.45) is 5.73 Å². The lowest BCUT2D eigenvalue weighted by Crippen LogP contribution is -2.41. The lowest BCUT2D eigenvalue weighted by atomic mass is 9.69. The van der Waals surface area contributed by atoms with Gasteiger partial charge >= 0.3 is 0 Å². The minimum Gasteiger partial charge on any atom is -0.329 e. The largest absolute Gasteiger partial charge is 0.329 e. The number of nitrogens with zero attached hydrogens (tertiary/aromatic N) is 4. The fourth-order valence-corrected chi connectivity index (χ4v) is 4.50. The van der Waals surface area contributed by atoms with Crippen LogP contribution in [0.25, 0.3) is 4.96 Å². The van der Waals surface area contributed by atoms with Crippen LogP contribution in [-0.2, 0) is 5.41 Å². The van der Waals surface area contributed by atoms with E-state index in [1.54, 1.807) is 11.3 Å². The van der Waals surface area contributed by atoms with Crippen LogP contribution in [0.5, 0.6) is 0 Å². The Labute approximate surface area is 116 Å². The maximum atomic E-state index is 5.97. The number of fused-ring (bicyclic) bond motifs is 1. The molecule has 0 aromatic carbocycles. The Bertz CT molecular complexity index is 586. The first-order chi connectivity index (χ1) is 9.32. The normalized spacial score (nSPS) is 23.0. The summed E-state index contributed by atoms with van der Waals surface area (Å²) in [5.41, 5.74) is 6.11. The summed E-state index contributed by atoms with van der Waals surface area (Å²) in [6.45, 7) is 0.704. The van der Waals surface area contributed by atoms with Crippen molar-refractivity contribution in [2.45, 2.75) is 56.3 Å². The van der Waals surface area contributed by atoms with Crippen molar-refractivity contribution in [1.29, 1.82) is 0 Å². The van der Waals surface area contributed by atoms with Crippen molar-refractivity contribution in [3.8, 4) is 0 Å². The average molecular weight is 277 g/mol. The Kier molecular flexibility index (Phi) is 2.63. The average Bonchev–Trinajstić information content (AvgIpc) is 3.02. The molecule has 6 heteroatoms. The van der Waals surface area contributed by atoms with Gasteiger partial charge in [-0.2, -0.15) is 9.61 Å². The first-order valence-electron chi connectivity index (χ1n) is 7.25. The van der Waals surface area contributed by atoms with Gasteiger partial charge in [-0.1, -0.05) is 30.6 Å². The van der Waals surface area contributed by atoms with Crippen molar-refractivity contribution >= 4 is 16.3 Å². The number of rotatable bonds is 3. The highest BCUT2D eigenvalue weighted by atomic mass is 32.1. The molecule has 2 aromatic heterocycles. The molecule has 0 amide bonds. The van der Waals surface area contributed by atoms with Crippen LogP contribution in [0.4, 0.5) is 0 Å². The van der Waals surface area contributed by atoms with E-state index in [1.165, 1.54) is 50.0 Å². The van der Waals surface area contributed by atoms with Crippen LogP contribution in [0.15, 0.2) is 0 Å². The van der Waals surface area contributed by atoms with Crippen LogP contribution in [-0.4, -0.2) is 26.4 Å². The molecule has 0 unspecified atom stereocenters. The quantitative estimate of drug-likeness (QED) is 0.934. The van der Waals surface area contributed by atoms with Gasteiger partial charge in [0.05, 0.1) is 0 Å². The van der Waals surface area contributed by atoms with Gasteiger partial charge in [0.25, 0.3) is 0 Å². The molecule has 0 radical (unpaired) electrons. The third-order valence-corrected chi connectivity index (χ3v) is 6.04. The lowest BCUT2D eigenvalue weighted by molar-refractivity contribution is 0.250. The molecule has 102 valence electrons. The van der Waals surface area contributed by atoms with Crippen molar-refractivity contribution in [3.05, 3.63) is 10.8 Å². The number of hydrogen-bond donors (Lipinski definition) is 1. The number of nitrogens with two attached hydrogens (primary N) is 1. The molecule has 2 heterocycles. The van der Waals surface area contributed by atoms with Gasteiger partial charge in [-0.25, -0.2) is 0 Å². The SMILES string of the molecule is NCC1(c2nn3c(C4CCCC4)nnc3s2)CCC1. The van der Waals surface area contributed by atoms with E-state index in [1.807, 2.05) is 4.52 Å². The van der Waals surface area contributed by atoms with Gasteiger partial charge in [-0.3, -0.25) is 0 Å². The molecule has 0 spiro atoms. The summed E-state index contributed by atoms with van der Waals surface area (Å²) < 4.78 is 1.99. The second kappa shape index (κ2) is 4.24. The van der Waals surface area contributed by atoms with E-state index in [0.717, 1.165) is 10.8 Å². The van der Waals surface area contributed by atoms with Crippen LogP contribution in [0.2, 0.25) is 0 Å². The lowest BCUT2D eigenvalue weighted by Gasteiger charge is -2.38. The van der Waals surface area contributed by atoms with E-state index in [0.29, 0.717) is 12.5 Å². The second-order valence-electron chi connectivity index (χ2n) is 5.98. The van der Waals surface area contributed by atoms with Crippen molar-refractivity contribution in [3.63, 3.8) is 0 Å². The van der Waals surface area contributed by atoms with Crippen LogP contribution in [0.3, 0.4) is 0 Å². The molecule has 2 fully saturated rings. The molecule has 5 nitrogen and oxygen atoms in total. The minimum atomic E-state index is 0.137. The summed E-state index contributed by atoms with van der Waals surface area (Å²) in [6.07, 6.45) is 8.70. The Balaban J connectivity index is 1.75. The summed E-state index contributed by atoms with van der Waals surface area (Å²) in [4.78, 5) is 0.941. The highest BCUT2D eigenvalue weighted by molar-refractivity contribution is 7.16. The monoisotopic (exact) mass is 277 g/mol. The van der Waals surface area contributed by atoms with Gasteiger partial charge < -0.3 is 5.73 Å². The summed E-state index contributed by atoms with van der Waals surface area (Å²) in [6, 6.07) is 0. The van der Waals surface area contributed by atoms with E-state index in [4.69, 9.17) is 10.8 Å². The van der Waals surface area contributed by atoms with Crippen molar-refractivity contribution in [2.75, 3.05) is 6.54 Å². The summed E-state index contributed by atoms with van der Waals surface area (Å²) in [7, 11) is 0. The molecule has 4 rings (SSSR count). The van der Waals surface area contributed by atoms with E-state index in [9.17, 15) is 0 Å². The van der Waals surface area contributed by atoms with Gasteiger partial charge in [0.2, 0.25) is 4.96 Å². The molecule has 0 bridgehead atoms. The molecule has 2 aliphatic carbocycles. The molecule has 2 N–H and O–H groups in total. The van der Waals surface area contributed by atoms with E-state index >= 15 is 0 Å². The molecule has 0 atom stereocenters. The van der Waals surface area contributed by atoms with Gasteiger partial charge in [-0.15, -0.1) is 10.2 Å². The van der Waals surface area contributed by atoms with Crippen LogP contribution in [0.1, 0.15) is 61.7 Å².